The number of alkyl halides is 3. The molecule has 1 heterocycles. The molecule has 6 nitrogen and oxygen atoms in total. The highest BCUT2D eigenvalue weighted by molar-refractivity contribution is 5.92. The summed E-state index contributed by atoms with van der Waals surface area (Å²) < 4.78 is 46.8. The number of amides is 1. The predicted molar refractivity (Wildman–Crippen MR) is 123 cm³/mol. The number of benzene rings is 2. The van der Waals surface area contributed by atoms with Crippen LogP contribution in [0.1, 0.15) is 51.5 Å². The molecule has 1 fully saturated rings. The van der Waals surface area contributed by atoms with Crippen LogP contribution in [0, 0.1) is 5.92 Å². The van der Waals surface area contributed by atoms with E-state index in [0.29, 0.717) is 11.4 Å². The Bertz CT molecular complexity index is 1130. The highest BCUT2D eigenvalue weighted by atomic mass is 19.4. The lowest BCUT2D eigenvalue weighted by atomic mass is 9.88. The maximum atomic E-state index is 13.3. The van der Waals surface area contributed by atoms with Gasteiger partial charge in [0.05, 0.1) is 17.4 Å². The molecule has 9 heteroatoms. The van der Waals surface area contributed by atoms with Crippen molar-refractivity contribution in [3.05, 3.63) is 54.1 Å². The fourth-order valence-corrected chi connectivity index (χ4v) is 4.05. The largest absolute Gasteiger partial charge is 0.460 e. The first kappa shape index (κ1) is 23.8. The topological polar surface area (TPSA) is 69.0 Å². The Morgan fingerprint density at radius 1 is 1.09 bits per heavy atom. The van der Waals surface area contributed by atoms with Gasteiger partial charge in [-0.2, -0.15) is 18.2 Å². The summed E-state index contributed by atoms with van der Waals surface area (Å²) in [6.45, 7) is 3.63. The minimum atomic E-state index is -4.48. The molecule has 0 saturated heterocycles. The van der Waals surface area contributed by atoms with Gasteiger partial charge in [0.15, 0.2) is 5.82 Å². The normalized spacial score (nSPS) is 14.9. The Hall–Kier alpha value is -3.36. The van der Waals surface area contributed by atoms with E-state index in [4.69, 9.17) is 4.74 Å². The fraction of sp³-hybridized carbons (Fsp3) is 0.400. The van der Waals surface area contributed by atoms with Crippen molar-refractivity contribution in [2.75, 3.05) is 5.32 Å². The molecule has 0 radical (unpaired) electrons. The van der Waals surface area contributed by atoms with Crippen LogP contribution < -0.4 is 10.1 Å². The first-order chi connectivity index (χ1) is 16.2. The first-order valence-electron chi connectivity index (χ1n) is 11.4. The van der Waals surface area contributed by atoms with Crippen molar-refractivity contribution in [1.82, 2.24) is 14.8 Å². The summed E-state index contributed by atoms with van der Waals surface area (Å²) in [5.41, 5.74) is 0.718. The molecule has 0 spiro atoms. The number of aromatic nitrogens is 3. The highest BCUT2D eigenvalue weighted by Crippen LogP contribution is 2.33. The monoisotopic (exact) mass is 472 g/mol. The second-order valence-electron chi connectivity index (χ2n) is 8.75. The number of carbonyl (C=O) groups excluding carboxylic acids is 1. The molecular formula is C25H27F3N4O2. The molecular weight excluding hydrogens is 445 g/mol. The van der Waals surface area contributed by atoms with Gasteiger partial charge < -0.3 is 10.1 Å². The van der Waals surface area contributed by atoms with E-state index in [0.717, 1.165) is 37.8 Å². The van der Waals surface area contributed by atoms with E-state index in [1.54, 1.807) is 30.3 Å². The van der Waals surface area contributed by atoms with Gasteiger partial charge in [0.1, 0.15) is 0 Å². The fourth-order valence-electron chi connectivity index (χ4n) is 4.05. The molecule has 1 aromatic heterocycles. The summed E-state index contributed by atoms with van der Waals surface area (Å²) >= 11 is 0. The molecule has 1 saturated carbocycles. The molecule has 1 amide bonds. The first-order valence-corrected chi connectivity index (χ1v) is 11.4. The van der Waals surface area contributed by atoms with Crippen LogP contribution in [-0.2, 0) is 11.0 Å². The average molecular weight is 473 g/mol. The molecule has 0 aliphatic heterocycles. The summed E-state index contributed by atoms with van der Waals surface area (Å²) in [6.07, 6.45) is 0.445. The summed E-state index contributed by atoms with van der Waals surface area (Å²) in [7, 11) is 0. The molecule has 2 aromatic carbocycles. The third-order valence-electron chi connectivity index (χ3n) is 5.73. The van der Waals surface area contributed by atoms with Crippen molar-refractivity contribution in [3.8, 4) is 23.1 Å². The number of nitrogens with zero attached hydrogens (tertiary/aromatic N) is 3. The number of hydrogen-bond acceptors (Lipinski definition) is 4. The van der Waals surface area contributed by atoms with Crippen molar-refractivity contribution in [2.45, 2.75) is 58.2 Å². The standard InChI is InChI=1S/C25H27F3N4O2/c1-16(2)34-24-30-22(18-9-6-10-19(15-18)25(26,27)28)32(31-24)21-13-11-20(12-14-21)29-23(33)17-7-4-3-5-8-17/h6,9-17H,3-5,7-8H2,1-2H3,(H,29,33). The van der Waals surface area contributed by atoms with Gasteiger partial charge in [-0.3, -0.25) is 4.79 Å². The van der Waals surface area contributed by atoms with E-state index >= 15 is 0 Å². The van der Waals surface area contributed by atoms with Crippen LogP contribution in [0.2, 0.25) is 0 Å². The lowest BCUT2D eigenvalue weighted by Gasteiger charge is -2.20. The number of anilines is 1. The van der Waals surface area contributed by atoms with Gasteiger partial charge in [0.25, 0.3) is 0 Å². The molecule has 180 valence electrons. The molecule has 3 aromatic rings. The Morgan fingerprint density at radius 2 is 1.79 bits per heavy atom. The van der Waals surface area contributed by atoms with Crippen molar-refractivity contribution >= 4 is 11.6 Å². The molecule has 0 bridgehead atoms. The van der Waals surface area contributed by atoms with E-state index in [-0.39, 0.29) is 35.3 Å². The van der Waals surface area contributed by atoms with Gasteiger partial charge in [0.2, 0.25) is 5.91 Å². The Labute approximate surface area is 196 Å². The van der Waals surface area contributed by atoms with Crippen LogP contribution in [0.4, 0.5) is 18.9 Å². The van der Waals surface area contributed by atoms with Gasteiger partial charge in [-0.05, 0) is 63.1 Å². The van der Waals surface area contributed by atoms with Gasteiger partial charge in [-0.15, -0.1) is 5.10 Å². The van der Waals surface area contributed by atoms with Gasteiger partial charge in [0, 0.05) is 17.2 Å². The molecule has 1 aliphatic carbocycles. The highest BCUT2D eigenvalue weighted by Gasteiger charge is 2.31. The Kier molecular flexibility index (Phi) is 6.90. The van der Waals surface area contributed by atoms with Crippen molar-refractivity contribution < 1.29 is 22.7 Å². The number of halogens is 3. The van der Waals surface area contributed by atoms with E-state index in [9.17, 15) is 18.0 Å². The molecule has 4 rings (SSSR count). The maximum absolute atomic E-state index is 13.3. The molecule has 34 heavy (non-hydrogen) atoms. The van der Waals surface area contributed by atoms with Crippen LogP contribution in [0.3, 0.4) is 0 Å². The lowest BCUT2D eigenvalue weighted by molar-refractivity contribution is -0.137. The van der Waals surface area contributed by atoms with Gasteiger partial charge >= 0.3 is 12.2 Å². The smallest absolute Gasteiger partial charge is 0.416 e. The zero-order chi connectivity index (χ0) is 24.3. The van der Waals surface area contributed by atoms with E-state index in [2.05, 4.69) is 15.4 Å². The molecule has 1 aliphatic rings. The summed E-state index contributed by atoms with van der Waals surface area (Å²) in [5, 5.41) is 7.33. The SMILES string of the molecule is CC(C)Oc1nc(-c2cccc(C(F)(F)F)c2)n(-c2ccc(NC(=O)C3CCCCC3)cc2)n1. The van der Waals surface area contributed by atoms with E-state index in [1.807, 2.05) is 13.8 Å². The third kappa shape index (κ3) is 5.58. The van der Waals surface area contributed by atoms with E-state index in [1.165, 1.54) is 17.2 Å². The van der Waals surface area contributed by atoms with Crippen LogP contribution in [0.5, 0.6) is 6.01 Å². The van der Waals surface area contributed by atoms with Crippen molar-refractivity contribution in [3.63, 3.8) is 0 Å². The van der Waals surface area contributed by atoms with Crippen LogP contribution in [-0.4, -0.2) is 26.8 Å². The van der Waals surface area contributed by atoms with Crippen molar-refractivity contribution in [1.29, 1.82) is 0 Å². The zero-order valence-electron chi connectivity index (χ0n) is 19.1. The summed E-state index contributed by atoms with van der Waals surface area (Å²) in [6, 6.07) is 12.0. The Morgan fingerprint density at radius 3 is 2.44 bits per heavy atom. The quantitative estimate of drug-likeness (QED) is 0.460. The molecule has 0 unspecified atom stereocenters. The molecule has 0 atom stereocenters. The molecule has 1 N–H and O–H groups in total. The minimum Gasteiger partial charge on any atom is -0.460 e. The number of ether oxygens (including phenoxy) is 1. The number of carbonyl (C=O) groups is 1. The van der Waals surface area contributed by atoms with Crippen LogP contribution in [0.25, 0.3) is 17.1 Å². The second kappa shape index (κ2) is 9.87. The maximum Gasteiger partial charge on any atom is 0.416 e. The van der Waals surface area contributed by atoms with Gasteiger partial charge in [-0.1, -0.05) is 31.4 Å². The summed E-state index contributed by atoms with van der Waals surface area (Å²) in [5.74, 6) is 0.276. The van der Waals surface area contributed by atoms with E-state index < -0.39 is 11.7 Å². The number of rotatable bonds is 6. The predicted octanol–water partition coefficient (Wildman–Crippen LogP) is 6.26. The lowest BCUT2D eigenvalue weighted by Crippen LogP contribution is -2.24. The number of hydrogen-bond donors (Lipinski definition) is 1. The Balaban J connectivity index is 1.63. The number of nitrogens with one attached hydrogen (secondary N) is 1. The van der Waals surface area contributed by atoms with Crippen LogP contribution >= 0.6 is 0 Å². The third-order valence-corrected chi connectivity index (χ3v) is 5.73. The van der Waals surface area contributed by atoms with Gasteiger partial charge in [-0.25, -0.2) is 4.68 Å². The second-order valence-corrected chi connectivity index (χ2v) is 8.75. The average Bonchev–Trinajstić information content (AvgIpc) is 3.23. The minimum absolute atomic E-state index is 0.0190. The summed E-state index contributed by atoms with van der Waals surface area (Å²) in [4.78, 5) is 16.9. The van der Waals surface area contributed by atoms with Crippen LogP contribution in [0.15, 0.2) is 48.5 Å². The zero-order valence-corrected chi connectivity index (χ0v) is 19.1. The van der Waals surface area contributed by atoms with Crippen molar-refractivity contribution in [2.24, 2.45) is 5.92 Å².